The molecule has 1 saturated carbocycles. The smallest absolute Gasteiger partial charge is 0.135 e. The number of likely N-dealkylation sites (tertiary alicyclic amines) is 1. The minimum Gasteiger partial charge on any atom is -0.300 e. The first-order chi connectivity index (χ1) is 11.5. The van der Waals surface area contributed by atoms with Crippen molar-refractivity contribution in [2.24, 2.45) is 11.8 Å². The molecule has 1 aliphatic carbocycles. The number of piperidine rings is 1. The fraction of sp³-hybridized carbons (Fsp3) is 0.800. The van der Waals surface area contributed by atoms with Gasteiger partial charge in [-0.15, -0.1) is 0 Å². The summed E-state index contributed by atoms with van der Waals surface area (Å²) in [6, 6.07) is 1.32. The number of Topliss-reactive ketones (excluding diaryl/α,β-unsaturated/α-hetero) is 1. The van der Waals surface area contributed by atoms with Crippen LogP contribution in [0.5, 0.6) is 0 Å². The molecule has 2 fully saturated rings. The molecule has 0 amide bonds. The number of carbonyl (C=O) groups excluding carboxylic acids is 1. The maximum atomic E-state index is 11.9. The highest BCUT2D eigenvalue weighted by Gasteiger charge is 2.30. The van der Waals surface area contributed by atoms with Gasteiger partial charge in [-0.2, -0.15) is 5.10 Å². The Morgan fingerprint density at radius 3 is 2.33 bits per heavy atom. The zero-order chi connectivity index (χ0) is 17.1. The van der Waals surface area contributed by atoms with E-state index in [1.165, 1.54) is 57.2 Å². The normalized spacial score (nSPS) is 26.8. The maximum absolute atomic E-state index is 11.9. The molecule has 2 heterocycles. The monoisotopic (exact) mass is 331 g/mol. The Kier molecular flexibility index (Phi) is 5.75. The fourth-order valence-electron chi connectivity index (χ4n) is 4.38. The second-order valence-corrected chi connectivity index (χ2v) is 8.26. The molecule has 1 saturated heterocycles. The van der Waals surface area contributed by atoms with E-state index in [4.69, 9.17) is 0 Å². The van der Waals surface area contributed by atoms with Crippen LogP contribution in [0.25, 0.3) is 0 Å². The first-order valence-electron chi connectivity index (χ1n) is 9.80. The van der Waals surface area contributed by atoms with E-state index in [1.54, 1.807) is 0 Å². The van der Waals surface area contributed by atoms with Crippen LogP contribution in [0.4, 0.5) is 0 Å². The van der Waals surface area contributed by atoms with E-state index < -0.39 is 0 Å². The number of aromatic nitrogens is 2. The van der Waals surface area contributed by atoms with Crippen molar-refractivity contribution in [2.45, 2.75) is 77.8 Å². The van der Waals surface area contributed by atoms with E-state index in [1.807, 2.05) is 20.0 Å². The molecule has 24 heavy (non-hydrogen) atoms. The van der Waals surface area contributed by atoms with Crippen molar-refractivity contribution in [3.05, 3.63) is 18.0 Å². The fourth-order valence-corrected chi connectivity index (χ4v) is 4.38. The van der Waals surface area contributed by atoms with Gasteiger partial charge in [0.2, 0.25) is 0 Å². The van der Waals surface area contributed by atoms with E-state index in [0.29, 0.717) is 17.7 Å². The summed E-state index contributed by atoms with van der Waals surface area (Å²) in [4.78, 5) is 14.6. The zero-order valence-corrected chi connectivity index (χ0v) is 15.6. The summed E-state index contributed by atoms with van der Waals surface area (Å²) >= 11 is 0. The van der Waals surface area contributed by atoms with Gasteiger partial charge in [-0.1, -0.05) is 13.8 Å². The largest absolute Gasteiger partial charge is 0.300 e. The van der Waals surface area contributed by atoms with Gasteiger partial charge in [-0.25, -0.2) is 0 Å². The van der Waals surface area contributed by atoms with Crippen LogP contribution in [-0.2, 0) is 4.79 Å². The molecular weight excluding hydrogens is 298 g/mol. The molecule has 0 spiro atoms. The zero-order valence-electron chi connectivity index (χ0n) is 15.6. The molecule has 1 aromatic heterocycles. The summed E-state index contributed by atoms with van der Waals surface area (Å²) < 4.78 is 2.17. The molecule has 0 aromatic carbocycles. The summed E-state index contributed by atoms with van der Waals surface area (Å²) in [5.41, 5.74) is 1.26. The molecule has 1 aromatic rings. The lowest BCUT2D eigenvalue weighted by Gasteiger charge is -2.40. The van der Waals surface area contributed by atoms with Crippen molar-refractivity contribution in [2.75, 3.05) is 13.1 Å². The summed E-state index contributed by atoms with van der Waals surface area (Å²) in [5, 5.41) is 4.49. The Hall–Kier alpha value is -1.16. The lowest BCUT2D eigenvalue weighted by Crippen LogP contribution is -2.43. The Bertz CT molecular complexity index is 535. The first-order valence-corrected chi connectivity index (χ1v) is 9.80. The minimum absolute atomic E-state index is 0.202. The van der Waals surface area contributed by atoms with Crippen molar-refractivity contribution in [1.82, 2.24) is 14.7 Å². The Labute approximate surface area is 146 Å². The van der Waals surface area contributed by atoms with Crippen LogP contribution in [0.3, 0.4) is 0 Å². The Balaban J connectivity index is 1.42. The molecule has 4 heteroatoms. The highest BCUT2D eigenvalue weighted by Crippen LogP contribution is 2.33. The second kappa shape index (κ2) is 7.81. The van der Waals surface area contributed by atoms with Gasteiger partial charge >= 0.3 is 0 Å². The SMILES string of the molecule is Cc1cnn(C2CCN(C3CCC(CC(=O)C(C)C)CC3)CC2)c1. The van der Waals surface area contributed by atoms with E-state index in [-0.39, 0.29) is 5.92 Å². The third kappa shape index (κ3) is 4.27. The van der Waals surface area contributed by atoms with Gasteiger partial charge in [0.1, 0.15) is 5.78 Å². The van der Waals surface area contributed by atoms with Gasteiger partial charge in [0.25, 0.3) is 0 Å². The molecule has 0 radical (unpaired) electrons. The molecule has 0 unspecified atom stereocenters. The van der Waals surface area contributed by atoms with Gasteiger partial charge < -0.3 is 4.90 Å². The van der Waals surface area contributed by atoms with Crippen LogP contribution in [0.1, 0.15) is 70.4 Å². The molecule has 0 N–H and O–H groups in total. The predicted octanol–water partition coefficient (Wildman–Crippen LogP) is 4.00. The van der Waals surface area contributed by atoms with Crippen LogP contribution in [-0.4, -0.2) is 39.6 Å². The lowest BCUT2D eigenvalue weighted by atomic mass is 9.81. The van der Waals surface area contributed by atoms with Crippen LogP contribution < -0.4 is 0 Å². The standard InChI is InChI=1S/C20H33N3O/c1-15(2)20(24)12-17-4-6-18(7-5-17)22-10-8-19(9-11-22)23-14-16(3)13-21-23/h13-15,17-19H,4-12H2,1-3H3. The molecular formula is C20H33N3O. The van der Waals surface area contributed by atoms with Crippen molar-refractivity contribution >= 4 is 5.78 Å². The summed E-state index contributed by atoms with van der Waals surface area (Å²) in [5.74, 6) is 1.29. The van der Waals surface area contributed by atoms with Crippen LogP contribution in [0.15, 0.2) is 12.4 Å². The first kappa shape index (κ1) is 17.7. The van der Waals surface area contributed by atoms with E-state index in [9.17, 15) is 4.79 Å². The van der Waals surface area contributed by atoms with Crippen LogP contribution >= 0.6 is 0 Å². The highest BCUT2D eigenvalue weighted by atomic mass is 16.1. The van der Waals surface area contributed by atoms with Gasteiger partial charge in [-0.3, -0.25) is 9.48 Å². The quantitative estimate of drug-likeness (QED) is 0.818. The molecule has 0 bridgehead atoms. The number of hydrogen-bond acceptors (Lipinski definition) is 3. The lowest BCUT2D eigenvalue weighted by molar-refractivity contribution is -0.123. The number of nitrogens with zero attached hydrogens (tertiary/aromatic N) is 3. The molecule has 2 aliphatic rings. The van der Waals surface area contributed by atoms with E-state index in [0.717, 1.165) is 12.5 Å². The Morgan fingerprint density at radius 1 is 1.12 bits per heavy atom. The average Bonchev–Trinajstić information content (AvgIpc) is 3.02. The molecule has 1 aliphatic heterocycles. The van der Waals surface area contributed by atoms with Gasteiger partial charge in [0.05, 0.1) is 12.2 Å². The molecule has 134 valence electrons. The number of ketones is 1. The highest BCUT2D eigenvalue weighted by molar-refractivity contribution is 5.80. The Morgan fingerprint density at radius 2 is 1.79 bits per heavy atom. The summed E-state index contributed by atoms with van der Waals surface area (Å²) in [6.07, 6.45) is 12.4. The van der Waals surface area contributed by atoms with Crippen molar-refractivity contribution in [3.8, 4) is 0 Å². The second-order valence-electron chi connectivity index (χ2n) is 8.26. The summed E-state index contributed by atoms with van der Waals surface area (Å²) in [7, 11) is 0. The maximum Gasteiger partial charge on any atom is 0.135 e. The van der Waals surface area contributed by atoms with Gasteiger partial charge in [-0.05, 0) is 56.9 Å². The van der Waals surface area contributed by atoms with Crippen molar-refractivity contribution in [1.29, 1.82) is 0 Å². The molecule has 3 rings (SSSR count). The average molecular weight is 332 g/mol. The van der Waals surface area contributed by atoms with Crippen molar-refractivity contribution < 1.29 is 4.79 Å². The van der Waals surface area contributed by atoms with E-state index in [2.05, 4.69) is 27.8 Å². The number of aryl methyl sites for hydroxylation is 1. The van der Waals surface area contributed by atoms with Crippen molar-refractivity contribution in [3.63, 3.8) is 0 Å². The summed E-state index contributed by atoms with van der Waals surface area (Å²) in [6.45, 7) is 8.56. The van der Waals surface area contributed by atoms with E-state index >= 15 is 0 Å². The van der Waals surface area contributed by atoms with Gasteiger partial charge in [0, 0.05) is 37.7 Å². The molecule has 0 atom stereocenters. The topological polar surface area (TPSA) is 38.1 Å². The predicted molar refractivity (Wildman–Crippen MR) is 97.0 cm³/mol. The minimum atomic E-state index is 0.202. The molecule has 4 nitrogen and oxygen atoms in total. The van der Waals surface area contributed by atoms with Crippen LogP contribution in [0, 0.1) is 18.8 Å². The van der Waals surface area contributed by atoms with Crippen LogP contribution in [0.2, 0.25) is 0 Å². The number of carbonyl (C=O) groups is 1. The third-order valence-corrected chi connectivity index (χ3v) is 6.07. The number of rotatable bonds is 5. The third-order valence-electron chi connectivity index (χ3n) is 6.07. The number of hydrogen-bond donors (Lipinski definition) is 0. The van der Waals surface area contributed by atoms with Gasteiger partial charge in [0.15, 0.2) is 0 Å².